The number of sulfone groups is 1. The Bertz CT molecular complexity index is 261. The standard InChI is InChI=1S/C7H16N2O3S/c1-3-9(5-4-8)7(10)6-13(2,11)12/h3-6,8H2,1-2H3. The molecule has 0 rings (SSSR count). The zero-order chi connectivity index (χ0) is 10.5. The summed E-state index contributed by atoms with van der Waals surface area (Å²) in [5, 5.41) is 0. The van der Waals surface area contributed by atoms with Crippen molar-refractivity contribution in [3.05, 3.63) is 0 Å². The van der Waals surface area contributed by atoms with Crippen molar-refractivity contribution < 1.29 is 13.2 Å². The summed E-state index contributed by atoms with van der Waals surface area (Å²) in [7, 11) is -3.23. The molecule has 0 bridgehead atoms. The molecule has 0 aliphatic rings. The highest BCUT2D eigenvalue weighted by atomic mass is 32.2. The topological polar surface area (TPSA) is 80.5 Å². The summed E-state index contributed by atoms with van der Waals surface area (Å²) < 4.78 is 21.6. The van der Waals surface area contributed by atoms with Gasteiger partial charge >= 0.3 is 0 Å². The van der Waals surface area contributed by atoms with Crippen molar-refractivity contribution in [1.82, 2.24) is 4.90 Å². The summed E-state index contributed by atoms with van der Waals surface area (Å²) in [6, 6.07) is 0. The van der Waals surface area contributed by atoms with E-state index in [9.17, 15) is 13.2 Å². The predicted molar refractivity (Wildman–Crippen MR) is 51.0 cm³/mol. The van der Waals surface area contributed by atoms with Crippen molar-refractivity contribution in [1.29, 1.82) is 0 Å². The highest BCUT2D eigenvalue weighted by Crippen LogP contribution is 1.92. The average molecular weight is 208 g/mol. The molecule has 0 heterocycles. The molecule has 0 aromatic carbocycles. The fourth-order valence-electron chi connectivity index (χ4n) is 0.931. The zero-order valence-electron chi connectivity index (χ0n) is 7.99. The van der Waals surface area contributed by atoms with Crippen LogP contribution in [0.5, 0.6) is 0 Å². The van der Waals surface area contributed by atoms with E-state index in [1.807, 2.05) is 0 Å². The molecule has 2 N–H and O–H groups in total. The molecule has 0 saturated heterocycles. The Kier molecular flexibility index (Phi) is 4.94. The number of rotatable bonds is 5. The molecule has 0 aliphatic carbocycles. The van der Waals surface area contributed by atoms with Gasteiger partial charge in [-0.05, 0) is 6.92 Å². The second-order valence-electron chi connectivity index (χ2n) is 2.83. The van der Waals surface area contributed by atoms with Crippen LogP contribution in [0, 0.1) is 0 Å². The maximum absolute atomic E-state index is 11.3. The van der Waals surface area contributed by atoms with Gasteiger partial charge in [0.05, 0.1) is 0 Å². The van der Waals surface area contributed by atoms with Gasteiger partial charge in [0.2, 0.25) is 5.91 Å². The third-order valence-electron chi connectivity index (χ3n) is 1.52. The molecule has 0 saturated carbocycles. The zero-order valence-corrected chi connectivity index (χ0v) is 8.80. The van der Waals surface area contributed by atoms with E-state index in [0.717, 1.165) is 6.26 Å². The molecule has 6 heteroatoms. The summed E-state index contributed by atoms with van der Waals surface area (Å²) in [4.78, 5) is 12.7. The van der Waals surface area contributed by atoms with Crippen LogP contribution in [-0.2, 0) is 14.6 Å². The maximum atomic E-state index is 11.3. The molecular formula is C7H16N2O3S. The average Bonchev–Trinajstić information content (AvgIpc) is 1.96. The number of hydrogen-bond donors (Lipinski definition) is 1. The lowest BCUT2D eigenvalue weighted by Gasteiger charge is -2.19. The Hall–Kier alpha value is -0.620. The third-order valence-corrected chi connectivity index (χ3v) is 2.29. The predicted octanol–water partition coefficient (Wildman–Crippen LogP) is -1.16. The first-order chi connectivity index (χ1) is 5.90. The van der Waals surface area contributed by atoms with E-state index in [1.54, 1.807) is 6.92 Å². The van der Waals surface area contributed by atoms with Gasteiger partial charge in [-0.3, -0.25) is 4.79 Å². The number of nitrogens with two attached hydrogens (primary N) is 1. The first kappa shape index (κ1) is 12.4. The minimum absolute atomic E-state index is 0.351. The van der Waals surface area contributed by atoms with Gasteiger partial charge in [0.15, 0.2) is 9.84 Å². The van der Waals surface area contributed by atoms with E-state index in [0.29, 0.717) is 19.6 Å². The summed E-state index contributed by atoms with van der Waals surface area (Å²) in [6.07, 6.45) is 1.04. The van der Waals surface area contributed by atoms with Crippen molar-refractivity contribution in [2.45, 2.75) is 6.92 Å². The Labute approximate surface area is 78.8 Å². The van der Waals surface area contributed by atoms with Crippen LogP contribution in [0.1, 0.15) is 6.92 Å². The van der Waals surface area contributed by atoms with Gasteiger partial charge in [-0.1, -0.05) is 0 Å². The van der Waals surface area contributed by atoms with E-state index in [2.05, 4.69) is 0 Å². The molecule has 5 nitrogen and oxygen atoms in total. The van der Waals surface area contributed by atoms with Crippen molar-refractivity contribution in [2.75, 3.05) is 31.6 Å². The number of amides is 1. The van der Waals surface area contributed by atoms with Crippen LogP contribution in [0.3, 0.4) is 0 Å². The van der Waals surface area contributed by atoms with Crippen LogP contribution < -0.4 is 5.73 Å². The maximum Gasteiger partial charge on any atom is 0.237 e. The fraction of sp³-hybridized carbons (Fsp3) is 0.857. The smallest absolute Gasteiger partial charge is 0.237 e. The molecule has 0 aromatic heterocycles. The Morgan fingerprint density at radius 3 is 2.31 bits per heavy atom. The molecular weight excluding hydrogens is 192 g/mol. The lowest BCUT2D eigenvalue weighted by atomic mass is 10.4. The lowest BCUT2D eigenvalue weighted by molar-refractivity contribution is -0.128. The van der Waals surface area contributed by atoms with Gasteiger partial charge in [-0.2, -0.15) is 0 Å². The SMILES string of the molecule is CCN(CCN)C(=O)CS(C)(=O)=O. The largest absolute Gasteiger partial charge is 0.341 e. The Balaban J connectivity index is 4.22. The minimum Gasteiger partial charge on any atom is -0.341 e. The minimum atomic E-state index is -3.23. The van der Waals surface area contributed by atoms with Gasteiger partial charge in [-0.15, -0.1) is 0 Å². The van der Waals surface area contributed by atoms with Gasteiger partial charge in [0, 0.05) is 25.9 Å². The molecule has 0 fully saturated rings. The van der Waals surface area contributed by atoms with Crippen molar-refractivity contribution in [2.24, 2.45) is 5.73 Å². The number of carbonyl (C=O) groups is 1. The van der Waals surface area contributed by atoms with Crippen molar-refractivity contribution in [3.8, 4) is 0 Å². The molecule has 0 spiro atoms. The van der Waals surface area contributed by atoms with E-state index in [-0.39, 0.29) is 5.91 Å². The quantitative estimate of drug-likeness (QED) is 0.618. The number of likely N-dealkylation sites (N-methyl/N-ethyl adjacent to an activating group) is 1. The second-order valence-corrected chi connectivity index (χ2v) is 4.97. The fourth-order valence-corrected chi connectivity index (χ4v) is 1.56. The summed E-state index contributed by atoms with van der Waals surface area (Å²) in [6.45, 7) is 3.04. The first-order valence-electron chi connectivity index (χ1n) is 4.06. The first-order valence-corrected chi connectivity index (χ1v) is 6.12. The molecule has 0 unspecified atom stereocenters. The van der Waals surface area contributed by atoms with Gasteiger partial charge in [-0.25, -0.2) is 8.42 Å². The summed E-state index contributed by atoms with van der Waals surface area (Å²) >= 11 is 0. The van der Waals surface area contributed by atoms with Crippen LogP contribution in [-0.4, -0.2) is 50.9 Å². The molecule has 1 amide bonds. The molecule has 0 atom stereocenters. The molecule has 0 radical (unpaired) electrons. The molecule has 0 aromatic rings. The highest BCUT2D eigenvalue weighted by molar-refractivity contribution is 7.91. The van der Waals surface area contributed by atoms with Crippen LogP contribution in [0.4, 0.5) is 0 Å². The monoisotopic (exact) mass is 208 g/mol. The van der Waals surface area contributed by atoms with E-state index >= 15 is 0 Å². The van der Waals surface area contributed by atoms with Crippen molar-refractivity contribution >= 4 is 15.7 Å². The van der Waals surface area contributed by atoms with Gasteiger partial charge in [0.25, 0.3) is 0 Å². The second kappa shape index (κ2) is 5.18. The number of hydrogen-bond acceptors (Lipinski definition) is 4. The van der Waals surface area contributed by atoms with E-state index in [1.165, 1.54) is 4.90 Å². The number of nitrogens with zero attached hydrogens (tertiary/aromatic N) is 1. The highest BCUT2D eigenvalue weighted by Gasteiger charge is 2.16. The van der Waals surface area contributed by atoms with E-state index in [4.69, 9.17) is 5.73 Å². The molecule has 0 aliphatic heterocycles. The van der Waals surface area contributed by atoms with E-state index < -0.39 is 15.6 Å². The summed E-state index contributed by atoms with van der Waals surface area (Å²) in [5.41, 5.74) is 5.26. The van der Waals surface area contributed by atoms with Gasteiger partial charge < -0.3 is 10.6 Å². The van der Waals surface area contributed by atoms with Crippen LogP contribution in [0.15, 0.2) is 0 Å². The van der Waals surface area contributed by atoms with Crippen LogP contribution in [0.2, 0.25) is 0 Å². The normalized spacial score (nSPS) is 11.3. The molecule has 78 valence electrons. The summed E-state index contributed by atoms with van der Waals surface area (Å²) in [5.74, 6) is -0.809. The lowest BCUT2D eigenvalue weighted by Crippen LogP contribution is -2.38. The Morgan fingerprint density at radius 2 is 2.00 bits per heavy atom. The van der Waals surface area contributed by atoms with Crippen molar-refractivity contribution in [3.63, 3.8) is 0 Å². The van der Waals surface area contributed by atoms with Crippen LogP contribution in [0.25, 0.3) is 0 Å². The number of carbonyl (C=O) groups excluding carboxylic acids is 1. The molecule has 13 heavy (non-hydrogen) atoms. The Morgan fingerprint density at radius 1 is 1.46 bits per heavy atom. The van der Waals surface area contributed by atoms with Crippen LogP contribution >= 0.6 is 0 Å². The third kappa shape index (κ3) is 5.59. The van der Waals surface area contributed by atoms with Gasteiger partial charge in [0.1, 0.15) is 5.75 Å².